The van der Waals surface area contributed by atoms with Gasteiger partial charge in [-0.2, -0.15) is 5.26 Å². The number of amides is 1. The Bertz CT molecular complexity index is 247. The van der Waals surface area contributed by atoms with Crippen LogP contribution in [0.1, 0.15) is 46.0 Å². The van der Waals surface area contributed by atoms with E-state index in [9.17, 15) is 4.79 Å². The van der Waals surface area contributed by atoms with Crippen LogP contribution in [0.25, 0.3) is 0 Å². The predicted molar refractivity (Wildman–Crippen MR) is 54.4 cm³/mol. The second-order valence-corrected chi connectivity index (χ2v) is 4.23. The van der Waals surface area contributed by atoms with Gasteiger partial charge in [0, 0.05) is 6.92 Å². The summed E-state index contributed by atoms with van der Waals surface area (Å²) in [5, 5.41) is 11.9. The van der Waals surface area contributed by atoms with Crippen molar-refractivity contribution in [3.63, 3.8) is 0 Å². The summed E-state index contributed by atoms with van der Waals surface area (Å²) in [5.41, 5.74) is -0.572. The Kier molecular flexibility index (Phi) is 3.51. The Morgan fingerprint density at radius 3 is 2.50 bits per heavy atom. The summed E-state index contributed by atoms with van der Waals surface area (Å²) in [5.74, 6) is 0.645. The number of hydrogen-bond acceptors (Lipinski definition) is 2. The van der Waals surface area contributed by atoms with Gasteiger partial charge < -0.3 is 5.32 Å². The van der Waals surface area contributed by atoms with E-state index in [1.807, 2.05) is 0 Å². The normalized spacial score (nSPS) is 31.9. The van der Waals surface area contributed by atoms with Gasteiger partial charge >= 0.3 is 0 Å². The molecule has 0 heterocycles. The van der Waals surface area contributed by atoms with Crippen molar-refractivity contribution in [1.82, 2.24) is 5.32 Å². The van der Waals surface area contributed by atoms with Crippen LogP contribution >= 0.6 is 0 Å². The highest BCUT2D eigenvalue weighted by Gasteiger charge is 2.35. The van der Waals surface area contributed by atoms with Crippen LogP contribution in [0.15, 0.2) is 0 Å². The van der Waals surface area contributed by atoms with Crippen molar-refractivity contribution in [3.8, 4) is 6.07 Å². The number of carbonyl (C=O) groups is 1. The summed E-state index contributed by atoms with van der Waals surface area (Å²) in [6.45, 7) is 3.66. The van der Waals surface area contributed by atoms with Gasteiger partial charge in [0.1, 0.15) is 5.54 Å². The van der Waals surface area contributed by atoms with Crippen LogP contribution in [-0.4, -0.2) is 11.4 Å². The Hall–Kier alpha value is -1.04. The van der Waals surface area contributed by atoms with Crippen LogP contribution in [0.2, 0.25) is 0 Å². The molecule has 0 atom stereocenters. The highest BCUT2D eigenvalue weighted by atomic mass is 16.1. The molecule has 3 heteroatoms. The lowest BCUT2D eigenvalue weighted by Gasteiger charge is -2.34. The SMILES string of the molecule is CC[C@H]1CC[C@@](C#N)(NC(C)=O)CC1. The lowest BCUT2D eigenvalue weighted by atomic mass is 9.76. The zero-order valence-corrected chi connectivity index (χ0v) is 8.97. The first-order chi connectivity index (χ1) is 6.62. The van der Waals surface area contributed by atoms with Gasteiger partial charge in [0.15, 0.2) is 0 Å². The minimum absolute atomic E-state index is 0.0958. The molecule has 0 aliphatic heterocycles. The minimum atomic E-state index is -0.572. The first-order valence-electron chi connectivity index (χ1n) is 5.32. The zero-order chi connectivity index (χ0) is 10.6. The van der Waals surface area contributed by atoms with E-state index in [0.717, 1.165) is 31.6 Å². The van der Waals surface area contributed by atoms with Crippen LogP contribution in [0.4, 0.5) is 0 Å². The number of rotatable bonds is 2. The van der Waals surface area contributed by atoms with E-state index < -0.39 is 5.54 Å². The highest BCUT2D eigenvalue weighted by molar-refractivity contribution is 5.74. The molecule has 0 bridgehead atoms. The quantitative estimate of drug-likeness (QED) is 0.730. The summed E-state index contributed by atoms with van der Waals surface area (Å²) in [6.07, 6.45) is 4.92. The van der Waals surface area contributed by atoms with E-state index in [-0.39, 0.29) is 5.91 Å². The van der Waals surface area contributed by atoms with Crippen LogP contribution in [0.3, 0.4) is 0 Å². The zero-order valence-electron chi connectivity index (χ0n) is 8.97. The molecular formula is C11H18N2O. The largest absolute Gasteiger partial charge is 0.338 e. The van der Waals surface area contributed by atoms with Crippen molar-refractivity contribution in [2.24, 2.45) is 5.92 Å². The first-order valence-corrected chi connectivity index (χ1v) is 5.32. The molecule has 0 aromatic carbocycles. The van der Waals surface area contributed by atoms with Gasteiger partial charge in [-0.15, -0.1) is 0 Å². The maximum Gasteiger partial charge on any atom is 0.218 e. The molecule has 0 radical (unpaired) electrons. The summed E-state index contributed by atoms with van der Waals surface area (Å²) in [6, 6.07) is 2.26. The van der Waals surface area contributed by atoms with Crippen LogP contribution in [0, 0.1) is 17.2 Å². The molecule has 1 aliphatic carbocycles. The fourth-order valence-corrected chi connectivity index (χ4v) is 2.18. The lowest BCUT2D eigenvalue weighted by molar-refractivity contribution is -0.120. The summed E-state index contributed by atoms with van der Waals surface area (Å²) < 4.78 is 0. The molecule has 1 amide bonds. The molecular weight excluding hydrogens is 176 g/mol. The van der Waals surface area contributed by atoms with Gasteiger partial charge in [0.2, 0.25) is 5.91 Å². The molecule has 1 aliphatic rings. The topological polar surface area (TPSA) is 52.9 Å². The molecule has 3 nitrogen and oxygen atoms in total. The first kappa shape index (κ1) is 11.0. The number of nitriles is 1. The fourth-order valence-electron chi connectivity index (χ4n) is 2.18. The molecule has 0 aromatic heterocycles. The molecule has 1 fully saturated rings. The molecule has 0 saturated heterocycles. The van der Waals surface area contributed by atoms with E-state index in [2.05, 4.69) is 18.3 Å². The average molecular weight is 194 g/mol. The smallest absolute Gasteiger partial charge is 0.218 e. The summed E-state index contributed by atoms with van der Waals surface area (Å²) >= 11 is 0. The second kappa shape index (κ2) is 4.45. The molecule has 0 aromatic rings. The second-order valence-electron chi connectivity index (χ2n) is 4.23. The standard InChI is InChI=1S/C11H18N2O/c1-3-10-4-6-11(8-12,7-5-10)13-9(2)14/h10H,3-7H2,1-2H3,(H,13,14)/t10-,11+. The van der Waals surface area contributed by atoms with Crippen LogP contribution in [0.5, 0.6) is 0 Å². The highest BCUT2D eigenvalue weighted by Crippen LogP contribution is 2.33. The molecule has 78 valence electrons. The molecule has 1 rings (SSSR count). The maximum atomic E-state index is 11.0. The van der Waals surface area contributed by atoms with Gasteiger partial charge in [-0.05, 0) is 31.6 Å². The summed E-state index contributed by atoms with van der Waals surface area (Å²) in [7, 11) is 0. The van der Waals surface area contributed by atoms with Crippen molar-refractivity contribution in [2.75, 3.05) is 0 Å². The predicted octanol–water partition coefficient (Wildman–Crippen LogP) is 1.99. The Labute approximate surface area is 85.5 Å². The number of nitrogens with zero attached hydrogens (tertiary/aromatic N) is 1. The van der Waals surface area contributed by atoms with Gasteiger partial charge in [0.25, 0.3) is 0 Å². The van der Waals surface area contributed by atoms with E-state index in [4.69, 9.17) is 5.26 Å². The molecule has 0 spiro atoms. The lowest BCUT2D eigenvalue weighted by Crippen LogP contribution is -2.48. The Balaban J connectivity index is 2.58. The van der Waals surface area contributed by atoms with Crippen molar-refractivity contribution in [2.45, 2.75) is 51.5 Å². The van der Waals surface area contributed by atoms with Gasteiger partial charge in [-0.1, -0.05) is 13.3 Å². The van der Waals surface area contributed by atoms with E-state index in [1.54, 1.807) is 0 Å². The molecule has 1 N–H and O–H groups in total. The van der Waals surface area contributed by atoms with Gasteiger partial charge in [-0.25, -0.2) is 0 Å². The summed E-state index contributed by atoms with van der Waals surface area (Å²) in [4.78, 5) is 11.0. The number of hydrogen-bond donors (Lipinski definition) is 1. The number of nitrogens with one attached hydrogen (secondary N) is 1. The maximum absolute atomic E-state index is 11.0. The van der Waals surface area contributed by atoms with Crippen molar-refractivity contribution in [1.29, 1.82) is 5.26 Å². The Morgan fingerprint density at radius 1 is 1.57 bits per heavy atom. The Morgan fingerprint density at radius 2 is 2.14 bits per heavy atom. The number of carbonyl (C=O) groups excluding carboxylic acids is 1. The monoisotopic (exact) mass is 194 g/mol. The van der Waals surface area contributed by atoms with Gasteiger partial charge in [-0.3, -0.25) is 4.79 Å². The van der Waals surface area contributed by atoms with Crippen molar-refractivity contribution in [3.05, 3.63) is 0 Å². The third kappa shape index (κ3) is 2.47. The molecule has 1 saturated carbocycles. The minimum Gasteiger partial charge on any atom is -0.338 e. The van der Waals surface area contributed by atoms with Crippen molar-refractivity contribution >= 4 is 5.91 Å². The molecule has 0 unspecified atom stereocenters. The van der Waals surface area contributed by atoms with E-state index in [1.165, 1.54) is 13.3 Å². The van der Waals surface area contributed by atoms with Crippen LogP contribution in [-0.2, 0) is 4.79 Å². The third-order valence-electron chi connectivity index (χ3n) is 3.17. The third-order valence-corrected chi connectivity index (χ3v) is 3.17. The van der Waals surface area contributed by atoms with Gasteiger partial charge in [0.05, 0.1) is 6.07 Å². The molecule has 14 heavy (non-hydrogen) atoms. The van der Waals surface area contributed by atoms with E-state index >= 15 is 0 Å². The average Bonchev–Trinajstić information content (AvgIpc) is 2.18. The van der Waals surface area contributed by atoms with Crippen LogP contribution < -0.4 is 5.32 Å². The fraction of sp³-hybridized carbons (Fsp3) is 0.818. The van der Waals surface area contributed by atoms with E-state index in [0.29, 0.717) is 0 Å². The van der Waals surface area contributed by atoms with Crippen molar-refractivity contribution < 1.29 is 4.79 Å².